The van der Waals surface area contributed by atoms with E-state index >= 15 is 0 Å². The molecule has 0 spiro atoms. The van der Waals surface area contributed by atoms with Crippen LogP contribution in [0.4, 0.5) is 0 Å². The van der Waals surface area contributed by atoms with Gasteiger partial charge in [-0.2, -0.15) is 0 Å². The maximum atomic E-state index is 9.19. The highest BCUT2D eigenvalue weighted by Crippen LogP contribution is 2.21. The second-order valence-electron chi connectivity index (χ2n) is 3.45. The van der Waals surface area contributed by atoms with E-state index in [0.717, 1.165) is 12.0 Å². The molecule has 1 heteroatoms. The number of aliphatic hydroxyl groups excluding tert-OH is 1. The third-order valence-corrected chi connectivity index (χ3v) is 2.09. The SMILES string of the molecule is C=C(C)CC(CO)c1ccccc1. The van der Waals surface area contributed by atoms with Crippen LogP contribution >= 0.6 is 0 Å². The molecule has 1 rings (SSSR count). The van der Waals surface area contributed by atoms with Crippen LogP contribution in [0.3, 0.4) is 0 Å². The largest absolute Gasteiger partial charge is 0.396 e. The fourth-order valence-electron chi connectivity index (χ4n) is 1.43. The lowest BCUT2D eigenvalue weighted by atomic mass is 9.94. The average molecular weight is 176 g/mol. The van der Waals surface area contributed by atoms with E-state index in [-0.39, 0.29) is 12.5 Å². The first-order valence-corrected chi connectivity index (χ1v) is 4.54. The summed E-state index contributed by atoms with van der Waals surface area (Å²) in [7, 11) is 0. The van der Waals surface area contributed by atoms with Gasteiger partial charge >= 0.3 is 0 Å². The first-order valence-electron chi connectivity index (χ1n) is 4.54. The smallest absolute Gasteiger partial charge is 0.0502 e. The van der Waals surface area contributed by atoms with Crippen molar-refractivity contribution < 1.29 is 5.11 Å². The van der Waals surface area contributed by atoms with Gasteiger partial charge in [0, 0.05) is 5.92 Å². The van der Waals surface area contributed by atoms with Crippen molar-refractivity contribution in [2.75, 3.05) is 6.61 Å². The highest BCUT2D eigenvalue weighted by molar-refractivity contribution is 5.21. The zero-order valence-corrected chi connectivity index (χ0v) is 8.03. The van der Waals surface area contributed by atoms with Crippen molar-refractivity contribution in [1.29, 1.82) is 0 Å². The molecule has 1 aromatic rings. The van der Waals surface area contributed by atoms with E-state index in [1.807, 2.05) is 37.3 Å². The van der Waals surface area contributed by atoms with Gasteiger partial charge in [-0.05, 0) is 18.9 Å². The maximum absolute atomic E-state index is 9.19. The zero-order chi connectivity index (χ0) is 9.68. The summed E-state index contributed by atoms with van der Waals surface area (Å²) in [5.41, 5.74) is 2.30. The third kappa shape index (κ3) is 3.03. The van der Waals surface area contributed by atoms with E-state index in [2.05, 4.69) is 6.58 Å². The first-order chi connectivity index (χ1) is 6.24. The summed E-state index contributed by atoms with van der Waals surface area (Å²) in [6.07, 6.45) is 0.862. The summed E-state index contributed by atoms with van der Waals surface area (Å²) in [4.78, 5) is 0. The molecule has 0 saturated carbocycles. The van der Waals surface area contributed by atoms with Crippen LogP contribution in [0.1, 0.15) is 24.8 Å². The van der Waals surface area contributed by atoms with Crippen LogP contribution in [0, 0.1) is 0 Å². The molecule has 1 unspecified atom stereocenters. The molecule has 0 amide bonds. The second-order valence-corrected chi connectivity index (χ2v) is 3.45. The van der Waals surface area contributed by atoms with Gasteiger partial charge < -0.3 is 5.11 Å². The maximum Gasteiger partial charge on any atom is 0.0502 e. The molecule has 0 heterocycles. The summed E-state index contributed by atoms with van der Waals surface area (Å²) in [5, 5.41) is 9.19. The lowest BCUT2D eigenvalue weighted by Crippen LogP contribution is -2.04. The Morgan fingerprint density at radius 3 is 2.46 bits per heavy atom. The Balaban J connectivity index is 2.73. The van der Waals surface area contributed by atoms with Crippen LogP contribution in [-0.4, -0.2) is 11.7 Å². The van der Waals surface area contributed by atoms with Gasteiger partial charge in [0.15, 0.2) is 0 Å². The van der Waals surface area contributed by atoms with Gasteiger partial charge in [-0.3, -0.25) is 0 Å². The molecule has 70 valence electrons. The van der Waals surface area contributed by atoms with Crippen molar-refractivity contribution in [3.8, 4) is 0 Å². The summed E-state index contributed by atoms with van der Waals surface area (Å²) < 4.78 is 0. The fourth-order valence-corrected chi connectivity index (χ4v) is 1.43. The van der Waals surface area contributed by atoms with E-state index in [9.17, 15) is 5.11 Å². The van der Waals surface area contributed by atoms with Crippen molar-refractivity contribution in [1.82, 2.24) is 0 Å². The van der Waals surface area contributed by atoms with Crippen molar-refractivity contribution in [2.24, 2.45) is 0 Å². The van der Waals surface area contributed by atoms with Crippen LogP contribution in [0.5, 0.6) is 0 Å². The summed E-state index contributed by atoms with van der Waals surface area (Å²) in [5.74, 6) is 0.207. The minimum Gasteiger partial charge on any atom is -0.396 e. The molecule has 1 atom stereocenters. The van der Waals surface area contributed by atoms with Crippen LogP contribution in [0.15, 0.2) is 42.5 Å². The van der Waals surface area contributed by atoms with E-state index in [0.29, 0.717) is 0 Å². The zero-order valence-electron chi connectivity index (χ0n) is 8.03. The molecular weight excluding hydrogens is 160 g/mol. The summed E-state index contributed by atoms with van der Waals surface area (Å²) >= 11 is 0. The Bertz CT molecular complexity index is 264. The number of rotatable bonds is 4. The van der Waals surface area contributed by atoms with Crippen LogP contribution in [0.25, 0.3) is 0 Å². The standard InChI is InChI=1S/C12H16O/c1-10(2)8-12(9-13)11-6-4-3-5-7-11/h3-7,12-13H,1,8-9H2,2H3. The van der Waals surface area contributed by atoms with E-state index in [1.54, 1.807) is 0 Å². The molecule has 0 aliphatic carbocycles. The normalized spacial score (nSPS) is 12.5. The third-order valence-electron chi connectivity index (χ3n) is 2.09. The minimum absolute atomic E-state index is 0.191. The molecule has 1 N–H and O–H groups in total. The molecule has 0 aromatic heterocycles. The second kappa shape index (κ2) is 4.83. The Kier molecular flexibility index (Phi) is 3.71. The first kappa shape index (κ1) is 10.0. The summed E-state index contributed by atoms with van der Waals surface area (Å²) in [6.45, 7) is 6.04. The van der Waals surface area contributed by atoms with E-state index in [1.165, 1.54) is 5.56 Å². The Morgan fingerprint density at radius 2 is 2.00 bits per heavy atom. The lowest BCUT2D eigenvalue weighted by molar-refractivity contribution is 0.264. The Morgan fingerprint density at radius 1 is 1.38 bits per heavy atom. The predicted molar refractivity (Wildman–Crippen MR) is 55.7 cm³/mol. The minimum atomic E-state index is 0.191. The molecule has 1 nitrogen and oxygen atoms in total. The average Bonchev–Trinajstić information content (AvgIpc) is 2.15. The molecule has 1 aromatic carbocycles. The van der Waals surface area contributed by atoms with Crippen molar-refractivity contribution in [2.45, 2.75) is 19.3 Å². The highest BCUT2D eigenvalue weighted by atomic mass is 16.3. The van der Waals surface area contributed by atoms with Gasteiger partial charge in [0.2, 0.25) is 0 Å². The lowest BCUT2D eigenvalue weighted by Gasteiger charge is -2.13. The number of aliphatic hydroxyl groups is 1. The fraction of sp³-hybridized carbons (Fsp3) is 0.333. The van der Waals surface area contributed by atoms with Gasteiger partial charge in [-0.15, -0.1) is 6.58 Å². The number of hydrogen-bond donors (Lipinski definition) is 1. The van der Waals surface area contributed by atoms with Crippen molar-refractivity contribution >= 4 is 0 Å². The highest BCUT2D eigenvalue weighted by Gasteiger charge is 2.09. The van der Waals surface area contributed by atoms with Gasteiger partial charge in [0.1, 0.15) is 0 Å². The monoisotopic (exact) mass is 176 g/mol. The molecule has 0 aliphatic rings. The van der Waals surface area contributed by atoms with Gasteiger partial charge in [-0.25, -0.2) is 0 Å². The number of allylic oxidation sites excluding steroid dienone is 1. The quantitative estimate of drug-likeness (QED) is 0.699. The summed E-state index contributed by atoms with van der Waals surface area (Å²) in [6, 6.07) is 10.1. The van der Waals surface area contributed by atoms with Crippen LogP contribution in [0.2, 0.25) is 0 Å². The van der Waals surface area contributed by atoms with Gasteiger partial charge in [-0.1, -0.05) is 35.9 Å². The Labute approximate surface area is 79.7 Å². The van der Waals surface area contributed by atoms with E-state index < -0.39 is 0 Å². The van der Waals surface area contributed by atoms with Gasteiger partial charge in [0.05, 0.1) is 6.61 Å². The van der Waals surface area contributed by atoms with E-state index in [4.69, 9.17) is 0 Å². The van der Waals surface area contributed by atoms with Crippen molar-refractivity contribution in [3.05, 3.63) is 48.0 Å². The Hall–Kier alpha value is -1.08. The van der Waals surface area contributed by atoms with Crippen molar-refractivity contribution in [3.63, 3.8) is 0 Å². The number of benzene rings is 1. The topological polar surface area (TPSA) is 20.2 Å². The predicted octanol–water partition coefficient (Wildman–Crippen LogP) is 2.73. The molecule has 0 aliphatic heterocycles. The molecule has 13 heavy (non-hydrogen) atoms. The molecular formula is C12H16O. The molecule has 0 fully saturated rings. The van der Waals surface area contributed by atoms with Gasteiger partial charge in [0.25, 0.3) is 0 Å². The van der Waals surface area contributed by atoms with Crippen LogP contribution < -0.4 is 0 Å². The number of hydrogen-bond acceptors (Lipinski definition) is 1. The molecule has 0 bridgehead atoms. The van der Waals surface area contributed by atoms with Crippen LogP contribution in [-0.2, 0) is 0 Å². The molecule has 0 saturated heterocycles. The molecule has 0 radical (unpaired) electrons.